The fourth-order valence-corrected chi connectivity index (χ4v) is 8.51. The van der Waals surface area contributed by atoms with Crippen molar-refractivity contribution in [3.8, 4) is 11.5 Å². The van der Waals surface area contributed by atoms with Crippen molar-refractivity contribution in [3.05, 3.63) is 69.2 Å². The summed E-state index contributed by atoms with van der Waals surface area (Å²) in [5, 5.41) is 4.67. The lowest BCUT2D eigenvalue weighted by atomic mass is 9.94. The number of thiazole rings is 1. The van der Waals surface area contributed by atoms with Gasteiger partial charge in [0.1, 0.15) is 0 Å². The molecule has 3 aromatic rings. The van der Waals surface area contributed by atoms with Gasteiger partial charge in [-0.3, -0.25) is 9.69 Å². The number of hydrogen-bond donors (Lipinski definition) is 1. The Morgan fingerprint density at radius 3 is 2.64 bits per heavy atom. The number of ether oxygens (including phenoxy) is 2. The first kappa shape index (κ1) is 29.6. The quantitative estimate of drug-likeness (QED) is 0.259. The zero-order valence-electron chi connectivity index (χ0n) is 25.3. The molecule has 6 rings (SSSR count). The molecule has 2 aliphatic heterocycles. The van der Waals surface area contributed by atoms with Gasteiger partial charge in [-0.25, -0.2) is 4.98 Å². The van der Waals surface area contributed by atoms with Crippen LogP contribution in [0.5, 0.6) is 11.5 Å². The number of aryl methyl sites for hydroxylation is 1. The largest absolute Gasteiger partial charge is 0.454 e. The fourth-order valence-electron chi connectivity index (χ4n) is 5.78. The second-order valence-corrected chi connectivity index (χ2v) is 19.5. The summed E-state index contributed by atoms with van der Waals surface area (Å²) in [6.07, 6.45) is 2.75. The third-order valence-electron chi connectivity index (χ3n) is 9.42. The molecule has 42 heavy (non-hydrogen) atoms. The minimum atomic E-state index is -1.90. The number of halogens is 1. The fraction of sp³-hybridized carbons (Fsp3) is 0.500. The van der Waals surface area contributed by atoms with Crippen LogP contribution in [0.1, 0.15) is 67.8 Å². The smallest absolute Gasteiger partial charge is 0.236 e. The average molecular weight is 626 g/mol. The molecule has 0 spiro atoms. The van der Waals surface area contributed by atoms with Crippen LogP contribution in [-0.4, -0.2) is 50.1 Å². The number of nitrogens with one attached hydrogen (secondary N) is 1. The number of carbonyl (C=O) groups is 1. The van der Waals surface area contributed by atoms with Crippen LogP contribution in [0, 0.1) is 6.92 Å². The lowest BCUT2D eigenvalue weighted by Gasteiger charge is -2.38. The van der Waals surface area contributed by atoms with E-state index in [0.29, 0.717) is 10.9 Å². The first-order valence-electron chi connectivity index (χ1n) is 14.7. The summed E-state index contributed by atoms with van der Waals surface area (Å²) >= 11 is 8.36. The van der Waals surface area contributed by atoms with Gasteiger partial charge >= 0.3 is 0 Å². The molecule has 2 atom stereocenters. The van der Waals surface area contributed by atoms with Gasteiger partial charge in [0.25, 0.3) is 0 Å². The SMILES string of the molecule is Cc1nc(NC(=O)C2(c3ccc4c(c3)OCO4)CC2)sc1[C@@H](c1ccccc1Cl)N1CCC(O[Si](C)(C)C(C)(C)C)C1. The highest BCUT2D eigenvalue weighted by Gasteiger charge is 2.52. The molecule has 2 fully saturated rings. The third-order valence-corrected chi connectivity index (χ3v) is 15.4. The summed E-state index contributed by atoms with van der Waals surface area (Å²) in [7, 11) is -1.90. The molecule has 7 nitrogen and oxygen atoms in total. The second kappa shape index (κ2) is 10.9. The summed E-state index contributed by atoms with van der Waals surface area (Å²) in [6.45, 7) is 15.5. The second-order valence-electron chi connectivity index (χ2n) is 13.3. The lowest BCUT2D eigenvalue weighted by Crippen LogP contribution is -2.44. The van der Waals surface area contributed by atoms with E-state index in [0.717, 1.165) is 64.8 Å². The number of hydrogen-bond acceptors (Lipinski definition) is 7. The number of amides is 1. The van der Waals surface area contributed by atoms with Crippen molar-refractivity contribution >= 4 is 42.3 Å². The van der Waals surface area contributed by atoms with Crippen LogP contribution in [0.3, 0.4) is 0 Å². The van der Waals surface area contributed by atoms with Crippen molar-refractivity contribution in [2.45, 2.75) is 82.7 Å². The Morgan fingerprint density at radius 2 is 1.93 bits per heavy atom. The van der Waals surface area contributed by atoms with Crippen molar-refractivity contribution < 1.29 is 18.7 Å². The number of likely N-dealkylation sites (tertiary alicyclic amines) is 1. The minimum Gasteiger partial charge on any atom is -0.454 e. The van der Waals surface area contributed by atoms with Crippen LogP contribution in [0.25, 0.3) is 0 Å². The van der Waals surface area contributed by atoms with E-state index >= 15 is 0 Å². The summed E-state index contributed by atoms with van der Waals surface area (Å²) in [5.74, 6) is 1.39. The van der Waals surface area contributed by atoms with Gasteiger partial charge in [0.2, 0.25) is 12.7 Å². The maximum Gasteiger partial charge on any atom is 0.236 e. The van der Waals surface area contributed by atoms with Crippen molar-refractivity contribution in [3.63, 3.8) is 0 Å². The molecule has 1 saturated carbocycles. The zero-order chi connectivity index (χ0) is 29.9. The van der Waals surface area contributed by atoms with Crippen molar-refractivity contribution in [2.75, 3.05) is 25.2 Å². The predicted molar refractivity (Wildman–Crippen MR) is 171 cm³/mol. The van der Waals surface area contributed by atoms with E-state index in [1.165, 1.54) is 0 Å². The highest BCUT2D eigenvalue weighted by atomic mass is 35.5. The first-order valence-corrected chi connectivity index (χ1v) is 18.8. The van der Waals surface area contributed by atoms with Crippen LogP contribution in [0.4, 0.5) is 5.13 Å². The van der Waals surface area contributed by atoms with Crippen LogP contribution < -0.4 is 14.8 Å². The molecule has 10 heteroatoms. The number of nitrogens with zero attached hydrogens (tertiary/aromatic N) is 2. The normalized spacial score (nSPS) is 20.5. The van der Waals surface area contributed by atoms with E-state index < -0.39 is 13.7 Å². The van der Waals surface area contributed by atoms with Gasteiger partial charge in [0.05, 0.1) is 28.1 Å². The molecule has 1 aromatic heterocycles. The molecule has 0 radical (unpaired) electrons. The molecule has 1 unspecified atom stereocenters. The molecule has 0 bridgehead atoms. The molecule has 224 valence electrons. The van der Waals surface area contributed by atoms with Gasteiger partial charge < -0.3 is 19.2 Å². The predicted octanol–water partition coefficient (Wildman–Crippen LogP) is 7.69. The zero-order valence-corrected chi connectivity index (χ0v) is 27.8. The summed E-state index contributed by atoms with van der Waals surface area (Å²) in [5.41, 5.74) is 2.35. The van der Waals surface area contributed by atoms with Gasteiger partial charge in [-0.2, -0.15) is 0 Å². The molecule has 3 aliphatic rings. The molecule has 1 amide bonds. The Morgan fingerprint density at radius 1 is 1.19 bits per heavy atom. The minimum absolute atomic E-state index is 0.0278. The Hall–Kier alpha value is -2.43. The number of carbonyl (C=O) groups excluding carboxylic acids is 1. The van der Waals surface area contributed by atoms with Gasteiger partial charge in [-0.15, -0.1) is 0 Å². The molecule has 3 heterocycles. The number of fused-ring (bicyclic) bond motifs is 1. The van der Waals surface area contributed by atoms with E-state index in [1.54, 1.807) is 11.3 Å². The third kappa shape index (κ3) is 5.50. The topological polar surface area (TPSA) is 72.9 Å². The first-order chi connectivity index (χ1) is 19.9. The van der Waals surface area contributed by atoms with Crippen LogP contribution >= 0.6 is 22.9 Å². The van der Waals surface area contributed by atoms with Crippen molar-refractivity contribution in [1.82, 2.24) is 9.88 Å². The monoisotopic (exact) mass is 625 g/mol. The van der Waals surface area contributed by atoms with Gasteiger partial charge in [-0.1, -0.05) is 68.0 Å². The Kier molecular flexibility index (Phi) is 7.71. The molecular weight excluding hydrogens is 586 g/mol. The molecule has 2 aromatic carbocycles. The average Bonchev–Trinajstić information content (AvgIpc) is 3.20. The maximum absolute atomic E-state index is 13.7. The summed E-state index contributed by atoms with van der Waals surface area (Å²) < 4.78 is 17.9. The molecule has 1 N–H and O–H groups in total. The molecular formula is C32H40ClN3O4SSi. The number of aromatic nitrogens is 1. The Bertz CT molecular complexity index is 1500. The van der Waals surface area contributed by atoms with Crippen LogP contribution in [-0.2, 0) is 14.6 Å². The number of benzene rings is 2. The van der Waals surface area contributed by atoms with Gasteiger partial charge in [0.15, 0.2) is 24.9 Å². The van der Waals surface area contributed by atoms with Gasteiger partial charge in [0, 0.05) is 18.1 Å². The van der Waals surface area contributed by atoms with E-state index in [9.17, 15) is 4.79 Å². The van der Waals surface area contributed by atoms with Crippen LogP contribution in [0.2, 0.25) is 23.2 Å². The van der Waals surface area contributed by atoms with E-state index in [2.05, 4.69) is 50.1 Å². The Labute approximate surface area is 258 Å². The number of anilines is 1. The van der Waals surface area contributed by atoms with Crippen molar-refractivity contribution in [1.29, 1.82) is 0 Å². The highest BCUT2D eigenvalue weighted by Crippen LogP contribution is 2.51. The van der Waals surface area contributed by atoms with E-state index in [-0.39, 0.29) is 29.9 Å². The van der Waals surface area contributed by atoms with Crippen molar-refractivity contribution in [2.24, 2.45) is 0 Å². The molecule has 1 saturated heterocycles. The summed E-state index contributed by atoms with van der Waals surface area (Å²) in [4.78, 5) is 22.1. The molecule has 1 aliphatic carbocycles. The maximum atomic E-state index is 13.7. The standard InChI is InChI=1S/C32H40ClN3O4SSi/c1-20-28(41-30(34-20)35-29(37)32(14-15-32)21-11-12-25-26(17-21)39-19-38-25)27(23-9-7-8-10-24(23)33)36-16-13-22(18-36)40-42(5,6)31(2,3)4/h7-12,17,22,27H,13-16,18-19H2,1-6H3,(H,34,35,37)/t22?,27-/m1/s1. The lowest BCUT2D eigenvalue weighted by molar-refractivity contribution is -0.118. The van der Waals surface area contributed by atoms with E-state index in [1.807, 2.05) is 43.3 Å². The summed E-state index contributed by atoms with van der Waals surface area (Å²) in [6, 6.07) is 13.8. The van der Waals surface area contributed by atoms with Crippen LogP contribution in [0.15, 0.2) is 42.5 Å². The number of rotatable bonds is 8. The highest BCUT2D eigenvalue weighted by molar-refractivity contribution is 7.16. The Balaban J connectivity index is 1.25. The van der Waals surface area contributed by atoms with Gasteiger partial charge in [-0.05, 0) is 73.6 Å². The van der Waals surface area contributed by atoms with E-state index in [4.69, 9.17) is 30.5 Å².